The Morgan fingerprint density at radius 2 is 1.48 bits per heavy atom. The molecule has 136 valence electrons. The average Bonchev–Trinajstić information content (AvgIpc) is 2.65. The Balaban J connectivity index is 1.66. The van der Waals surface area contributed by atoms with E-state index in [4.69, 9.17) is 5.73 Å². The van der Waals surface area contributed by atoms with Crippen LogP contribution in [0, 0.1) is 13.8 Å². The minimum Gasteiger partial charge on any atom is -0.366 e. The molecule has 3 N–H and O–H groups in total. The Bertz CT molecular complexity index is 980. The summed E-state index contributed by atoms with van der Waals surface area (Å²) in [5.41, 5.74) is 9.26. The number of anilines is 1. The van der Waals surface area contributed by atoms with E-state index in [1.165, 1.54) is 16.0 Å². The van der Waals surface area contributed by atoms with E-state index in [9.17, 15) is 9.59 Å². The third kappa shape index (κ3) is 4.77. The van der Waals surface area contributed by atoms with E-state index in [0.29, 0.717) is 16.8 Å². The summed E-state index contributed by atoms with van der Waals surface area (Å²) >= 11 is 1.69. The summed E-state index contributed by atoms with van der Waals surface area (Å²) in [5, 5.41) is 2.85. The first kappa shape index (κ1) is 18.7. The van der Waals surface area contributed by atoms with Crippen molar-refractivity contribution in [2.24, 2.45) is 5.73 Å². The molecule has 0 unspecified atom stereocenters. The van der Waals surface area contributed by atoms with Crippen molar-refractivity contribution in [3.63, 3.8) is 0 Å². The van der Waals surface area contributed by atoms with Gasteiger partial charge in [-0.15, -0.1) is 0 Å². The third-order valence-electron chi connectivity index (χ3n) is 4.10. The number of hydrogen-bond donors (Lipinski definition) is 2. The molecule has 2 amide bonds. The summed E-state index contributed by atoms with van der Waals surface area (Å²) in [5.74, 6) is -0.750. The van der Waals surface area contributed by atoms with Crippen molar-refractivity contribution in [2.45, 2.75) is 23.6 Å². The van der Waals surface area contributed by atoms with Crippen LogP contribution in [0.15, 0.2) is 76.5 Å². The topological polar surface area (TPSA) is 72.2 Å². The van der Waals surface area contributed by atoms with Gasteiger partial charge < -0.3 is 11.1 Å². The maximum Gasteiger partial charge on any atom is 0.255 e. The Morgan fingerprint density at radius 3 is 2.07 bits per heavy atom. The molecule has 0 atom stereocenters. The summed E-state index contributed by atoms with van der Waals surface area (Å²) < 4.78 is 0. The highest BCUT2D eigenvalue weighted by Crippen LogP contribution is 2.31. The maximum atomic E-state index is 12.3. The summed E-state index contributed by atoms with van der Waals surface area (Å²) in [6.45, 7) is 4.19. The highest BCUT2D eigenvalue weighted by Gasteiger charge is 2.08. The van der Waals surface area contributed by atoms with Gasteiger partial charge in [-0.1, -0.05) is 29.5 Å². The fraction of sp³-hybridized carbons (Fsp3) is 0.0909. The molecule has 0 aliphatic carbocycles. The van der Waals surface area contributed by atoms with Crippen LogP contribution in [0.4, 0.5) is 5.69 Å². The minimum absolute atomic E-state index is 0.235. The van der Waals surface area contributed by atoms with Gasteiger partial charge in [0.1, 0.15) is 0 Å². The lowest BCUT2D eigenvalue weighted by atomic mass is 10.1. The molecule has 0 aliphatic heterocycles. The average molecular weight is 376 g/mol. The van der Waals surface area contributed by atoms with Crippen LogP contribution in [0.3, 0.4) is 0 Å². The second-order valence-corrected chi connectivity index (χ2v) is 7.41. The normalized spacial score (nSPS) is 10.4. The Hall–Kier alpha value is -3.05. The lowest BCUT2D eigenvalue weighted by molar-refractivity contribution is 0.0995. The van der Waals surface area contributed by atoms with E-state index >= 15 is 0 Å². The van der Waals surface area contributed by atoms with Crippen LogP contribution in [0.1, 0.15) is 31.8 Å². The zero-order valence-electron chi connectivity index (χ0n) is 15.2. The van der Waals surface area contributed by atoms with Gasteiger partial charge in [-0.05, 0) is 74.0 Å². The van der Waals surface area contributed by atoms with Crippen molar-refractivity contribution in [1.82, 2.24) is 0 Å². The fourth-order valence-corrected chi connectivity index (χ4v) is 3.52. The SMILES string of the molecule is Cc1ccc(Sc2ccc(NC(=O)c3ccc(C(N)=O)cc3)cc2)c(C)c1. The largest absolute Gasteiger partial charge is 0.366 e. The van der Waals surface area contributed by atoms with Crippen molar-refractivity contribution >= 4 is 29.3 Å². The molecule has 0 heterocycles. The molecule has 3 aromatic carbocycles. The number of primary amides is 1. The standard InChI is InChI=1S/C22H20N2O2S/c1-14-3-12-20(15(2)13-14)27-19-10-8-18(9-11-19)24-22(26)17-6-4-16(5-7-17)21(23)25/h3-13H,1-2H3,(H2,23,25)(H,24,26). The number of amides is 2. The van der Waals surface area contributed by atoms with Crippen LogP contribution in [-0.4, -0.2) is 11.8 Å². The summed E-state index contributed by atoms with van der Waals surface area (Å²) in [4.78, 5) is 25.7. The number of rotatable bonds is 5. The molecule has 0 aromatic heterocycles. The van der Waals surface area contributed by atoms with Gasteiger partial charge in [0.25, 0.3) is 5.91 Å². The van der Waals surface area contributed by atoms with Gasteiger partial charge in [-0.25, -0.2) is 0 Å². The molecule has 27 heavy (non-hydrogen) atoms. The molecule has 5 heteroatoms. The summed E-state index contributed by atoms with van der Waals surface area (Å²) in [6, 6.07) is 20.4. The van der Waals surface area contributed by atoms with Gasteiger partial charge in [0.15, 0.2) is 0 Å². The molecule has 0 aliphatic rings. The molecule has 4 nitrogen and oxygen atoms in total. The molecule has 3 rings (SSSR count). The van der Waals surface area contributed by atoms with Gasteiger partial charge in [0.05, 0.1) is 0 Å². The highest BCUT2D eigenvalue weighted by atomic mass is 32.2. The van der Waals surface area contributed by atoms with E-state index in [2.05, 4.69) is 37.4 Å². The molecule has 0 spiro atoms. The number of nitrogens with two attached hydrogens (primary N) is 1. The van der Waals surface area contributed by atoms with E-state index in [1.807, 2.05) is 24.3 Å². The number of nitrogens with one attached hydrogen (secondary N) is 1. The predicted molar refractivity (Wildman–Crippen MR) is 109 cm³/mol. The molecule has 0 saturated carbocycles. The number of carbonyl (C=O) groups is 2. The summed E-state index contributed by atoms with van der Waals surface area (Å²) in [7, 11) is 0. The zero-order chi connectivity index (χ0) is 19.4. The molecule has 0 fully saturated rings. The van der Waals surface area contributed by atoms with Crippen LogP contribution in [0.5, 0.6) is 0 Å². The monoisotopic (exact) mass is 376 g/mol. The number of hydrogen-bond acceptors (Lipinski definition) is 3. The Morgan fingerprint density at radius 1 is 0.852 bits per heavy atom. The number of benzene rings is 3. The maximum absolute atomic E-state index is 12.3. The molecule has 0 radical (unpaired) electrons. The Kier molecular flexibility index (Phi) is 5.62. The van der Waals surface area contributed by atoms with Gasteiger partial charge >= 0.3 is 0 Å². The van der Waals surface area contributed by atoms with Gasteiger partial charge in [0.2, 0.25) is 5.91 Å². The van der Waals surface area contributed by atoms with Gasteiger partial charge in [0, 0.05) is 26.6 Å². The second kappa shape index (κ2) is 8.10. The smallest absolute Gasteiger partial charge is 0.255 e. The molecule has 0 bridgehead atoms. The van der Waals surface area contributed by atoms with Crippen LogP contribution in [0.2, 0.25) is 0 Å². The van der Waals surface area contributed by atoms with Crippen molar-refractivity contribution in [1.29, 1.82) is 0 Å². The first-order valence-corrected chi connectivity index (χ1v) is 9.30. The lowest BCUT2D eigenvalue weighted by Gasteiger charge is -2.09. The zero-order valence-corrected chi connectivity index (χ0v) is 16.0. The van der Waals surface area contributed by atoms with Crippen LogP contribution < -0.4 is 11.1 Å². The lowest BCUT2D eigenvalue weighted by Crippen LogP contribution is -2.14. The summed E-state index contributed by atoms with van der Waals surface area (Å²) in [6.07, 6.45) is 0. The predicted octanol–water partition coefficient (Wildman–Crippen LogP) is 4.81. The number of aryl methyl sites for hydroxylation is 2. The van der Waals surface area contributed by atoms with Crippen LogP contribution >= 0.6 is 11.8 Å². The minimum atomic E-state index is -0.515. The fourth-order valence-electron chi connectivity index (χ4n) is 2.64. The first-order valence-electron chi connectivity index (χ1n) is 8.49. The number of carbonyl (C=O) groups excluding carboxylic acids is 2. The van der Waals surface area contributed by atoms with Crippen LogP contribution in [0.25, 0.3) is 0 Å². The van der Waals surface area contributed by atoms with Crippen LogP contribution in [-0.2, 0) is 0 Å². The van der Waals surface area contributed by atoms with Crippen molar-refractivity contribution in [2.75, 3.05) is 5.32 Å². The van der Waals surface area contributed by atoms with Crippen molar-refractivity contribution < 1.29 is 9.59 Å². The van der Waals surface area contributed by atoms with Crippen molar-refractivity contribution in [3.8, 4) is 0 Å². The third-order valence-corrected chi connectivity index (χ3v) is 5.29. The molecular formula is C22H20N2O2S. The molecule has 0 saturated heterocycles. The first-order chi connectivity index (χ1) is 12.9. The quantitative estimate of drug-likeness (QED) is 0.671. The van der Waals surface area contributed by atoms with E-state index in [-0.39, 0.29) is 5.91 Å². The molecular weight excluding hydrogens is 356 g/mol. The Labute approximate surface area is 162 Å². The van der Waals surface area contributed by atoms with Gasteiger partial charge in [-0.3, -0.25) is 9.59 Å². The second-order valence-electron chi connectivity index (χ2n) is 6.29. The molecule has 3 aromatic rings. The van der Waals surface area contributed by atoms with Gasteiger partial charge in [-0.2, -0.15) is 0 Å². The van der Waals surface area contributed by atoms with E-state index < -0.39 is 5.91 Å². The van der Waals surface area contributed by atoms with E-state index in [1.54, 1.807) is 36.0 Å². The van der Waals surface area contributed by atoms with E-state index in [0.717, 1.165) is 4.90 Å². The highest BCUT2D eigenvalue weighted by molar-refractivity contribution is 7.99. The van der Waals surface area contributed by atoms with Crippen molar-refractivity contribution in [3.05, 3.63) is 89.0 Å².